The molecule has 0 spiro atoms. The molecule has 16 heavy (non-hydrogen) atoms. The average Bonchev–Trinajstić information content (AvgIpc) is 2.25. The maximum absolute atomic E-state index is 5.76. The number of halogens is 1. The van der Waals surface area contributed by atoms with E-state index in [9.17, 15) is 0 Å². The Morgan fingerprint density at radius 1 is 1.06 bits per heavy atom. The lowest BCUT2D eigenvalue weighted by atomic mass is 10.2. The first kappa shape index (κ1) is 11.3. The zero-order chi connectivity index (χ0) is 11.5. The van der Waals surface area contributed by atoms with Crippen LogP contribution in [-0.4, -0.2) is 0 Å². The summed E-state index contributed by atoms with van der Waals surface area (Å²) in [5.41, 5.74) is 7.48. The van der Waals surface area contributed by atoms with Crippen LogP contribution in [0.5, 0.6) is 11.5 Å². The predicted molar refractivity (Wildman–Crippen MR) is 74.8 cm³/mol. The van der Waals surface area contributed by atoms with Crippen molar-refractivity contribution >= 4 is 28.3 Å². The maximum atomic E-state index is 5.76. The number of hydrogen-bond donors (Lipinski definition) is 1. The molecular weight excluding hydrogens is 313 g/mol. The van der Waals surface area contributed by atoms with Gasteiger partial charge in [0.05, 0.1) is 0 Å². The van der Waals surface area contributed by atoms with E-state index in [1.54, 1.807) is 0 Å². The Balaban J connectivity index is 2.23. The fourth-order valence-corrected chi connectivity index (χ4v) is 1.78. The van der Waals surface area contributed by atoms with Crippen molar-refractivity contribution in [2.45, 2.75) is 6.92 Å². The first-order valence-corrected chi connectivity index (χ1v) is 6.02. The molecule has 0 saturated carbocycles. The normalized spacial score (nSPS) is 10.1. The number of aryl methyl sites for hydroxylation is 1. The second-order valence-corrected chi connectivity index (χ2v) is 4.83. The Labute approximate surface area is 109 Å². The van der Waals surface area contributed by atoms with Crippen LogP contribution in [0.1, 0.15) is 5.56 Å². The van der Waals surface area contributed by atoms with Crippen molar-refractivity contribution in [3.8, 4) is 11.5 Å². The lowest BCUT2D eigenvalue weighted by molar-refractivity contribution is 0.479. The van der Waals surface area contributed by atoms with E-state index < -0.39 is 0 Å². The SMILES string of the molecule is Cc1cc(N)ccc1Oc1ccc(I)cc1. The van der Waals surface area contributed by atoms with Gasteiger partial charge in [-0.3, -0.25) is 0 Å². The Kier molecular flexibility index (Phi) is 3.33. The number of nitrogen functional groups attached to an aromatic ring is 1. The molecule has 0 aliphatic heterocycles. The molecule has 0 bridgehead atoms. The van der Waals surface area contributed by atoms with Gasteiger partial charge in [-0.2, -0.15) is 0 Å². The molecule has 0 saturated heterocycles. The fourth-order valence-electron chi connectivity index (χ4n) is 1.42. The molecule has 2 N–H and O–H groups in total. The van der Waals surface area contributed by atoms with Gasteiger partial charge in [-0.05, 0) is 77.5 Å². The van der Waals surface area contributed by atoms with Gasteiger partial charge in [-0.15, -0.1) is 0 Å². The monoisotopic (exact) mass is 325 g/mol. The number of nitrogens with two attached hydrogens (primary N) is 1. The predicted octanol–water partition coefficient (Wildman–Crippen LogP) is 3.97. The Morgan fingerprint density at radius 2 is 1.75 bits per heavy atom. The molecule has 0 aliphatic carbocycles. The first-order valence-electron chi connectivity index (χ1n) is 4.95. The quantitative estimate of drug-likeness (QED) is 0.670. The third-order valence-electron chi connectivity index (χ3n) is 2.24. The van der Waals surface area contributed by atoms with Crippen LogP contribution in [0.25, 0.3) is 0 Å². The van der Waals surface area contributed by atoms with Crippen LogP contribution in [-0.2, 0) is 0 Å². The molecule has 2 rings (SSSR count). The van der Waals surface area contributed by atoms with Crippen LogP contribution in [0.3, 0.4) is 0 Å². The van der Waals surface area contributed by atoms with Crippen molar-refractivity contribution < 1.29 is 4.74 Å². The van der Waals surface area contributed by atoms with Gasteiger partial charge in [-0.25, -0.2) is 0 Å². The molecule has 2 aromatic carbocycles. The summed E-state index contributed by atoms with van der Waals surface area (Å²) in [5, 5.41) is 0. The fraction of sp³-hybridized carbons (Fsp3) is 0.0769. The molecule has 82 valence electrons. The zero-order valence-corrected chi connectivity index (χ0v) is 11.1. The second-order valence-electron chi connectivity index (χ2n) is 3.58. The summed E-state index contributed by atoms with van der Waals surface area (Å²) in [6, 6.07) is 13.6. The second kappa shape index (κ2) is 4.74. The lowest BCUT2D eigenvalue weighted by Crippen LogP contribution is -1.90. The van der Waals surface area contributed by atoms with Gasteiger partial charge in [0.1, 0.15) is 11.5 Å². The minimum Gasteiger partial charge on any atom is -0.457 e. The molecule has 0 atom stereocenters. The van der Waals surface area contributed by atoms with Crippen molar-refractivity contribution in [3.05, 3.63) is 51.6 Å². The zero-order valence-electron chi connectivity index (χ0n) is 8.91. The van der Waals surface area contributed by atoms with Crippen LogP contribution in [0.4, 0.5) is 5.69 Å². The largest absolute Gasteiger partial charge is 0.457 e. The molecule has 3 heteroatoms. The molecule has 0 fully saturated rings. The number of hydrogen-bond acceptors (Lipinski definition) is 2. The molecule has 0 heterocycles. The highest BCUT2D eigenvalue weighted by molar-refractivity contribution is 14.1. The van der Waals surface area contributed by atoms with Crippen molar-refractivity contribution in [2.24, 2.45) is 0 Å². The van der Waals surface area contributed by atoms with Crippen molar-refractivity contribution in [2.75, 3.05) is 5.73 Å². The summed E-state index contributed by atoms with van der Waals surface area (Å²) in [6.45, 7) is 1.98. The highest BCUT2D eigenvalue weighted by atomic mass is 127. The van der Waals surface area contributed by atoms with Gasteiger partial charge in [-0.1, -0.05) is 0 Å². The minimum absolute atomic E-state index is 0.757. The van der Waals surface area contributed by atoms with Gasteiger partial charge in [0, 0.05) is 9.26 Å². The van der Waals surface area contributed by atoms with E-state index in [0.717, 1.165) is 22.7 Å². The van der Waals surface area contributed by atoms with Crippen LogP contribution in [0.15, 0.2) is 42.5 Å². The summed E-state index contributed by atoms with van der Waals surface area (Å²) >= 11 is 2.27. The number of rotatable bonds is 2. The topological polar surface area (TPSA) is 35.2 Å². The van der Waals surface area contributed by atoms with Crippen molar-refractivity contribution in [3.63, 3.8) is 0 Å². The Hall–Kier alpha value is -1.23. The maximum Gasteiger partial charge on any atom is 0.130 e. The summed E-state index contributed by atoms with van der Waals surface area (Å²) in [4.78, 5) is 0. The van der Waals surface area contributed by atoms with Gasteiger partial charge >= 0.3 is 0 Å². The highest BCUT2D eigenvalue weighted by Crippen LogP contribution is 2.26. The molecule has 2 aromatic rings. The van der Waals surface area contributed by atoms with Crippen LogP contribution < -0.4 is 10.5 Å². The van der Waals surface area contributed by atoms with Gasteiger partial charge in [0.15, 0.2) is 0 Å². The highest BCUT2D eigenvalue weighted by Gasteiger charge is 2.01. The van der Waals surface area contributed by atoms with Crippen LogP contribution in [0.2, 0.25) is 0 Å². The molecular formula is C13H12INO. The van der Waals surface area contributed by atoms with Crippen LogP contribution in [0, 0.1) is 10.5 Å². The van der Waals surface area contributed by atoms with Crippen molar-refractivity contribution in [1.82, 2.24) is 0 Å². The summed E-state index contributed by atoms with van der Waals surface area (Å²) in [6.07, 6.45) is 0. The molecule has 0 unspecified atom stereocenters. The summed E-state index contributed by atoms with van der Waals surface area (Å²) < 4.78 is 6.95. The molecule has 0 aliphatic rings. The van der Waals surface area contributed by atoms with E-state index in [1.165, 1.54) is 3.57 Å². The first-order chi connectivity index (χ1) is 7.65. The third-order valence-corrected chi connectivity index (χ3v) is 2.96. The number of benzene rings is 2. The molecule has 0 aromatic heterocycles. The van der Waals surface area contributed by atoms with Gasteiger partial charge in [0.2, 0.25) is 0 Å². The van der Waals surface area contributed by atoms with Gasteiger partial charge in [0.25, 0.3) is 0 Å². The lowest BCUT2D eigenvalue weighted by Gasteiger charge is -2.09. The molecule has 0 amide bonds. The van der Waals surface area contributed by atoms with E-state index in [1.807, 2.05) is 49.4 Å². The Morgan fingerprint density at radius 3 is 2.38 bits per heavy atom. The van der Waals surface area contributed by atoms with Crippen molar-refractivity contribution in [1.29, 1.82) is 0 Å². The standard InChI is InChI=1S/C13H12INO/c1-9-8-11(15)4-7-13(9)16-12-5-2-10(14)3-6-12/h2-8H,15H2,1H3. The Bertz CT molecular complexity index is 494. The van der Waals surface area contributed by atoms with E-state index >= 15 is 0 Å². The average molecular weight is 325 g/mol. The summed E-state index contributed by atoms with van der Waals surface area (Å²) in [7, 11) is 0. The minimum atomic E-state index is 0.757. The van der Waals surface area contributed by atoms with E-state index in [-0.39, 0.29) is 0 Å². The van der Waals surface area contributed by atoms with E-state index in [4.69, 9.17) is 10.5 Å². The van der Waals surface area contributed by atoms with E-state index in [0.29, 0.717) is 0 Å². The van der Waals surface area contributed by atoms with E-state index in [2.05, 4.69) is 22.6 Å². The van der Waals surface area contributed by atoms with Crippen LogP contribution >= 0.6 is 22.6 Å². The van der Waals surface area contributed by atoms with Gasteiger partial charge < -0.3 is 10.5 Å². The third kappa shape index (κ3) is 2.66. The summed E-state index contributed by atoms with van der Waals surface area (Å²) in [5.74, 6) is 1.68. The molecule has 2 nitrogen and oxygen atoms in total. The molecule has 0 radical (unpaired) electrons. The number of anilines is 1. The smallest absolute Gasteiger partial charge is 0.130 e. The number of ether oxygens (including phenoxy) is 1.